The van der Waals surface area contributed by atoms with Crippen molar-refractivity contribution < 1.29 is 28.3 Å². The Bertz CT molecular complexity index is 1350. The highest BCUT2D eigenvalue weighted by Gasteiger charge is 2.48. The molecule has 4 rings (SSSR count). The summed E-state index contributed by atoms with van der Waals surface area (Å²) in [7, 11) is -1.69. The largest absolute Gasteiger partial charge is 0.504 e. The third kappa shape index (κ3) is 7.70. The van der Waals surface area contributed by atoms with E-state index in [2.05, 4.69) is 43.4 Å². The zero-order chi connectivity index (χ0) is 30.7. The molecule has 0 saturated carbocycles. The number of aromatic hydroxyl groups is 1. The van der Waals surface area contributed by atoms with E-state index in [0.717, 1.165) is 53.5 Å². The van der Waals surface area contributed by atoms with Crippen molar-refractivity contribution in [2.24, 2.45) is 0 Å². The highest BCUT2D eigenvalue weighted by atomic mass is 31.2. The number of hydrogen-bond donors (Lipinski definition) is 2. The number of carbonyl (C=O) groups excluding carboxylic acids is 1. The molecule has 0 heterocycles. The van der Waals surface area contributed by atoms with Gasteiger partial charge in [-0.3, -0.25) is 9.36 Å². The number of benzene rings is 3. The molecule has 232 valence electrons. The quantitative estimate of drug-likeness (QED) is 0.112. The Balaban J connectivity index is 1.53. The lowest BCUT2D eigenvalue weighted by Gasteiger charge is -2.31. The monoisotopic (exact) mass is 607 g/mol. The maximum absolute atomic E-state index is 14.3. The van der Waals surface area contributed by atoms with Crippen molar-refractivity contribution in [1.82, 2.24) is 5.32 Å². The molecule has 2 N–H and O–H groups in total. The summed E-state index contributed by atoms with van der Waals surface area (Å²) in [5.74, 6) is 0.454. The fourth-order valence-corrected chi connectivity index (χ4v) is 7.62. The van der Waals surface area contributed by atoms with Crippen LogP contribution in [0.15, 0.2) is 66.7 Å². The summed E-state index contributed by atoms with van der Waals surface area (Å²) >= 11 is 0. The van der Waals surface area contributed by atoms with E-state index < -0.39 is 13.0 Å². The molecule has 3 aromatic rings. The summed E-state index contributed by atoms with van der Waals surface area (Å²) in [6.07, 6.45) is 6.43. The Morgan fingerprint density at radius 1 is 0.860 bits per heavy atom. The maximum atomic E-state index is 14.3. The molecule has 1 aliphatic carbocycles. The van der Waals surface area contributed by atoms with Crippen molar-refractivity contribution in [3.63, 3.8) is 0 Å². The van der Waals surface area contributed by atoms with Gasteiger partial charge in [0.1, 0.15) is 5.41 Å². The van der Waals surface area contributed by atoms with Gasteiger partial charge in [0.2, 0.25) is 5.91 Å². The van der Waals surface area contributed by atoms with Gasteiger partial charge in [-0.15, -0.1) is 0 Å². The van der Waals surface area contributed by atoms with Crippen LogP contribution in [0, 0.1) is 0 Å². The van der Waals surface area contributed by atoms with Gasteiger partial charge in [0, 0.05) is 6.54 Å². The van der Waals surface area contributed by atoms with Crippen molar-refractivity contribution >= 4 is 13.5 Å². The van der Waals surface area contributed by atoms with E-state index in [9.17, 15) is 14.5 Å². The highest BCUT2D eigenvalue weighted by Crippen LogP contribution is 2.53. The van der Waals surface area contributed by atoms with E-state index in [1.54, 1.807) is 12.1 Å². The van der Waals surface area contributed by atoms with Gasteiger partial charge in [-0.2, -0.15) is 0 Å². The van der Waals surface area contributed by atoms with Gasteiger partial charge in [0.05, 0.1) is 26.5 Å². The lowest BCUT2D eigenvalue weighted by molar-refractivity contribution is -0.125. The van der Waals surface area contributed by atoms with Gasteiger partial charge >= 0.3 is 7.60 Å². The number of amides is 1. The van der Waals surface area contributed by atoms with E-state index in [4.69, 9.17) is 13.8 Å². The molecule has 43 heavy (non-hydrogen) atoms. The zero-order valence-electron chi connectivity index (χ0n) is 25.8. The maximum Gasteiger partial charge on any atom is 0.330 e. The summed E-state index contributed by atoms with van der Waals surface area (Å²) in [5, 5.41) is 13.2. The summed E-state index contributed by atoms with van der Waals surface area (Å²) < 4.78 is 30.5. The normalized spacial score (nSPS) is 13.4. The zero-order valence-corrected chi connectivity index (χ0v) is 26.7. The predicted octanol–water partition coefficient (Wildman–Crippen LogP) is 8.02. The Kier molecular flexibility index (Phi) is 11.9. The summed E-state index contributed by atoms with van der Waals surface area (Å²) in [5.41, 5.74) is 4.25. The third-order valence-corrected chi connectivity index (χ3v) is 10.2. The average molecular weight is 608 g/mol. The molecule has 0 atom stereocenters. The van der Waals surface area contributed by atoms with Gasteiger partial charge in [-0.25, -0.2) is 0 Å². The number of unbranched alkanes of at least 4 members (excludes halogenated alkanes) is 3. The van der Waals surface area contributed by atoms with Gasteiger partial charge in [0.25, 0.3) is 0 Å². The van der Waals surface area contributed by atoms with Crippen LogP contribution in [-0.4, -0.2) is 44.0 Å². The molecule has 0 unspecified atom stereocenters. The van der Waals surface area contributed by atoms with Crippen LogP contribution in [0.2, 0.25) is 0 Å². The molecule has 7 nitrogen and oxygen atoms in total. The lowest BCUT2D eigenvalue weighted by atomic mass is 9.73. The molecular weight excluding hydrogens is 561 g/mol. The Hall–Kier alpha value is -3.12. The minimum Gasteiger partial charge on any atom is -0.504 e. The number of fused-ring (bicyclic) bond motifs is 3. The molecule has 3 aromatic carbocycles. The van der Waals surface area contributed by atoms with Crippen molar-refractivity contribution in [2.45, 2.75) is 70.6 Å². The topological polar surface area (TPSA) is 94.1 Å². The minimum absolute atomic E-state index is 0.0442. The smallest absolute Gasteiger partial charge is 0.330 e. The number of ether oxygens (including phenoxy) is 1. The van der Waals surface area contributed by atoms with Crippen LogP contribution in [0.3, 0.4) is 0 Å². The summed E-state index contributed by atoms with van der Waals surface area (Å²) in [6, 6.07) is 21.5. The van der Waals surface area contributed by atoms with E-state index >= 15 is 0 Å². The molecular formula is C35H46NO6P. The van der Waals surface area contributed by atoms with Crippen LogP contribution in [0.25, 0.3) is 11.1 Å². The first-order valence-corrected chi connectivity index (χ1v) is 17.3. The van der Waals surface area contributed by atoms with Crippen LogP contribution < -0.4 is 10.1 Å². The Labute approximate surface area is 256 Å². The van der Waals surface area contributed by atoms with Crippen LogP contribution in [-0.2, 0) is 30.2 Å². The van der Waals surface area contributed by atoms with E-state index in [-0.39, 0.29) is 11.7 Å². The third-order valence-electron chi connectivity index (χ3n) is 8.20. The van der Waals surface area contributed by atoms with E-state index in [1.807, 2.05) is 30.3 Å². The summed E-state index contributed by atoms with van der Waals surface area (Å²) in [6.45, 7) is 5.45. The minimum atomic E-state index is -3.21. The van der Waals surface area contributed by atoms with Gasteiger partial charge in [0.15, 0.2) is 11.5 Å². The first kappa shape index (κ1) is 32.8. The van der Waals surface area contributed by atoms with E-state index in [1.165, 1.54) is 7.11 Å². The number of nitrogens with one attached hydrogen (secondary N) is 1. The van der Waals surface area contributed by atoms with Gasteiger partial charge in [-0.05, 0) is 72.1 Å². The van der Waals surface area contributed by atoms with Crippen molar-refractivity contribution in [2.75, 3.05) is 33.0 Å². The van der Waals surface area contributed by atoms with Crippen molar-refractivity contribution in [3.8, 4) is 22.6 Å². The van der Waals surface area contributed by atoms with Crippen molar-refractivity contribution in [3.05, 3.63) is 83.4 Å². The molecule has 0 aromatic heterocycles. The number of carbonyl (C=O) groups is 1. The summed E-state index contributed by atoms with van der Waals surface area (Å²) in [4.78, 5) is 14.3. The number of hydrogen-bond acceptors (Lipinski definition) is 6. The van der Waals surface area contributed by atoms with Gasteiger partial charge in [-0.1, -0.05) is 87.7 Å². The fraction of sp³-hybridized carbons (Fsp3) is 0.457. The molecule has 8 heteroatoms. The molecule has 1 aliphatic rings. The second kappa shape index (κ2) is 15.6. The molecule has 0 aliphatic heterocycles. The number of phenols is 1. The Morgan fingerprint density at radius 2 is 1.47 bits per heavy atom. The predicted molar refractivity (Wildman–Crippen MR) is 172 cm³/mol. The van der Waals surface area contributed by atoms with Crippen LogP contribution in [0.5, 0.6) is 11.5 Å². The standard InChI is InChI=1S/C35H46NO6P/c1-4-6-23-41-43(39,42-24-7-5-2)25-13-12-21-35(30-16-10-8-14-28(30)29-15-9-11-17-31(29)35)34(38)36-22-20-27-18-19-32(37)33(26-27)40-3/h8-11,14-19,26,37H,4-7,12-13,20-25H2,1-3H3,(H,36,38). The van der Waals surface area contributed by atoms with Gasteiger partial charge < -0.3 is 24.2 Å². The number of methoxy groups -OCH3 is 1. The first-order chi connectivity index (χ1) is 20.9. The van der Waals surface area contributed by atoms with E-state index in [0.29, 0.717) is 57.4 Å². The SMILES string of the molecule is CCCCOP(=O)(CCCCC1(C(=O)NCCc2ccc(O)c(OC)c2)c2ccccc2-c2ccccc21)OCCCC. The van der Waals surface area contributed by atoms with Crippen LogP contribution in [0.1, 0.15) is 75.5 Å². The van der Waals surface area contributed by atoms with Crippen molar-refractivity contribution in [1.29, 1.82) is 0 Å². The van der Waals surface area contributed by atoms with Crippen LogP contribution >= 0.6 is 7.60 Å². The second-order valence-corrected chi connectivity index (χ2v) is 13.4. The Morgan fingerprint density at radius 3 is 2.05 bits per heavy atom. The molecule has 0 spiro atoms. The fourth-order valence-electron chi connectivity index (χ4n) is 5.86. The molecule has 1 amide bonds. The average Bonchev–Trinajstić information content (AvgIpc) is 3.31. The number of phenolic OH excluding ortho intramolecular Hbond substituents is 1. The lowest BCUT2D eigenvalue weighted by Crippen LogP contribution is -2.45. The molecule has 0 fully saturated rings. The number of rotatable bonds is 18. The molecule has 0 bridgehead atoms. The molecule has 0 saturated heterocycles. The second-order valence-electron chi connectivity index (χ2n) is 11.2. The molecule has 0 radical (unpaired) electrons. The first-order valence-electron chi connectivity index (χ1n) is 15.6. The van der Waals surface area contributed by atoms with Crippen LogP contribution in [0.4, 0.5) is 0 Å². The highest BCUT2D eigenvalue weighted by molar-refractivity contribution is 7.53.